The quantitative estimate of drug-likeness (QED) is 0.199. The standard InChI is InChI=1S/C43H55N11O5/c1-43(2,3)59-39-22-31-33(24-44-39)48-49-40(31)32-23-37(46-26-45-32)53-19-17-51(18-20-53)25-27-5-8-29(9-6-27)58-30-13-15-52(16-14-30)28-7-10-34-36(21-28)50(4)42(57)54(34)35-11-12-38(55)47-41(35)56/h7,10,21-24,26-27,29-30,35H,5-6,8-9,11-20,25H2,1-4H3,(H,48,49)(H,47,55,56). The predicted octanol–water partition coefficient (Wildman–Crippen LogP) is 4.59. The molecule has 2 amide bonds. The number of nitrogens with zero attached hydrogens (tertiary/aromatic N) is 9. The van der Waals surface area contributed by atoms with Crippen LogP contribution in [0.1, 0.15) is 78.2 Å². The number of aromatic nitrogens is 7. The van der Waals surface area contributed by atoms with Crippen molar-refractivity contribution in [2.24, 2.45) is 13.0 Å². The molecule has 3 aliphatic heterocycles. The molecular formula is C43H55N11O5. The molecule has 1 unspecified atom stereocenters. The zero-order valence-corrected chi connectivity index (χ0v) is 34.5. The van der Waals surface area contributed by atoms with Gasteiger partial charge in [0.1, 0.15) is 29.5 Å². The summed E-state index contributed by atoms with van der Waals surface area (Å²) in [5, 5.41) is 11.0. The maximum atomic E-state index is 13.2. The SMILES string of the molecule is Cn1c(=O)n(C2CCC(=O)NC2=O)c2ccc(N3CCC(OC4CCC(CN5CCN(c6cc(-c7n[nH]c8cnc(OC(C)(C)C)cc78)ncn6)CC5)CC4)CC3)cc21. The topological polar surface area (TPSA) is 169 Å². The summed E-state index contributed by atoms with van der Waals surface area (Å²) in [6.07, 6.45) is 11.1. The number of benzene rings is 1. The lowest BCUT2D eigenvalue weighted by molar-refractivity contribution is -0.135. The highest BCUT2D eigenvalue weighted by Crippen LogP contribution is 2.33. The van der Waals surface area contributed by atoms with Gasteiger partial charge in [-0.15, -0.1) is 0 Å². The van der Waals surface area contributed by atoms with Gasteiger partial charge in [0.2, 0.25) is 17.7 Å². The number of rotatable bonds is 9. The van der Waals surface area contributed by atoms with Gasteiger partial charge in [0.05, 0.1) is 40.6 Å². The van der Waals surface area contributed by atoms with Crippen LogP contribution in [0.5, 0.6) is 5.88 Å². The third-order valence-electron chi connectivity index (χ3n) is 12.5. The third kappa shape index (κ3) is 8.29. The monoisotopic (exact) mass is 805 g/mol. The van der Waals surface area contributed by atoms with E-state index in [1.54, 1.807) is 24.1 Å². The van der Waals surface area contributed by atoms with E-state index in [1.807, 2.05) is 45.0 Å². The minimum absolute atomic E-state index is 0.226. The Morgan fingerprint density at radius 3 is 2.32 bits per heavy atom. The van der Waals surface area contributed by atoms with Crippen LogP contribution in [0.15, 0.2) is 47.7 Å². The number of aromatic amines is 1. The van der Waals surface area contributed by atoms with E-state index < -0.39 is 11.9 Å². The summed E-state index contributed by atoms with van der Waals surface area (Å²) in [6, 6.07) is 9.31. The lowest BCUT2D eigenvalue weighted by Gasteiger charge is -2.39. The van der Waals surface area contributed by atoms with E-state index in [1.165, 1.54) is 17.4 Å². The van der Waals surface area contributed by atoms with Crippen molar-refractivity contribution in [1.82, 2.24) is 44.5 Å². The molecule has 16 heteroatoms. The average molecular weight is 806 g/mol. The van der Waals surface area contributed by atoms with E-state index in [4.69, 9.17) is 9.47 Å². The Kier molecular flexibility index (Phi) is 10.6. The largest absolute Gasteiger partial charge is 0.472 e. The van der Waals surface area contributed by atoms with Crippen LogP contribution >= 0.6 is 0 Å². The first kappa shape index (κ1) is 39.1. The Balaban J connectivity index is 0.726. The fourth-order valence-electron chi connectivity index (χ4n) is 9.39. The summed E-state index contributed by atoms with van der Waals surface area (Å²) >= 11 is 0. The van der Waals surface area contributed by atoms with E-state index >= 15 is 0 Å². The molecule has 4 aliphatic rings. The van der Waals surface area contributed by atoms with Crippen LogP contribution in [0.25, 0.3) is 33.3 Å². The molecule has 59 heavy (non-hydrogen) atoms. The van der Waals surface area contributed by atoms with Gasteiger partial charge in [0, 0.05) is 82.5 Å². The number of anilines is 2. The number of fused-ring (bicyclic) bond motifs is 2. The number of carbonyl (C=O) groups is 2. The molecule has 4 aromatic heterocycles. The van der Waals surface area contributed by atoms with Crippen LogP contribution in [0.2, 0.25) is 0 Å². The number of aryl methyl sites for hydroxylation is 1. The summed E-state index contributed by atoms with van der Waals surface area (Å²) in [4.78, 5) is 58.5. The van der Waals surface area contributed by atoms with Gasteiger partial charge in [-0.1, -0.05) is 0 Å². The molecule has 1 atom stereocenters. The number of H-pyrrole nitrogens is 1. The fourth-order valence-corrected chi connectivity index (χ4v) is 9.39. The van der Waals surface area contributed by atoms with Crippen LogP contribution in [0.3, 0.4) is 0 Å². The number of piperazine rings is 1. The second kappa shape index (κ2) is 16.0. The van der Waals surface area contributed by atoms with Gasteiger partial charge in [-0.3, -0.25) is 34.0 Å². The number of ether oxygens (including phenoxy) is 2. The number of imide groups is 1. The molecule has 4 fully saturated rings. The Morgan fingerprint density at radius 2 is 1.58 bits per heavy atom. The summed E-state index contributed by atoms with van der Waals surface area (Å²) in [6.45, 7) is 12.8. The summed E-state index contributed by atoms with van der Waals surface area (Å²) in [7, 11) is 1.74. The first-order valence-corrected chi connectivity index (χ1v) is 21.2. The molecule has 16 nitrogen and oxygen atoms in total. The highest BCUT2D eigenvalue weighted by molar-refractivity contribution is 6.00. The van der Waals surface area contributed by atoms with Gasteiger partial charge >= 0.3 is 5.69 Å². The van der Waals surface area contributed by atoms with Crippen molar-refractivity contribution in [1.29, 1.82) is 0 Å². The number of nitrogens with one attached hydrogen (secondary N) is 2. The van der Waals surface area contributed by atoms with E-state index in [-0.39, 0.29) is 29.7 Å². The lowest BCUT2D eigenvalue weighted by Crippen LogP contribution is -2.48. The molecule has 1 aromatic carbocycles. The first-order chi connectivity index (χ1) is 28.5. The summed E-state index contributed by atoms with van der Waals surface area (Å²) in [5.41, 5.74) is 4.34. The smallest absolute Gasteiger partial charge is 0.329 e. The molecule has 3 saturated heterocycles. The van der Waals surface area contributed by atoms with Crippen molar-refractivity contribution in [3.63, 3.8) is 0 Å². The van der Waals surface area contributed by atoms with Crippen LogP contribution in [0.4, 0.5) is 11.5 Å². The Hall–Kier alpha value is -5.35. The first-order valence-electron chi connectivity index (χ1n) is 21.2. The molecule has 1 saturated carbocycles. The van der Waals surface area contributed by atoms with Crippen LogP contribution in [0, 0.1) is 5.92 Å². The van der Waals surface area contributed by atoms with Crippen molar-refractivity contribution in [2.45, 2.75) is 96.0 Å². The van der Waals surface area contributed by atoms with Gasteiger partial charge in [-0.2, -0.15) is 5.10 Å². The Morgan fingerprint density at radius 1 is 0.814 bits per heavy atom. The zero-order valence-electron chi connectivity index (χ0n) is 34.5. The van der Waals surface area contributed by atoms with Gasteiger partial charge in [0.15, 0.2) is 0 Å². The molecular weight excluding hydrogens is 751 g/mol. The maximum Gasteiger partial charge on any atom is 0.329 e. The van der Waals surface area contributed by atoms with Crippen LogP contribution in [-0.2, 0) is 21.4 Å². The second-order valence-corrected chi connectivity index (χ2v) is 17.7. The molecule has 0 bridgehead atoms. The number of hydrogen-bond donors (Lipinski definition) is 2. The maximum absolute atomic E-state index is 13.2. The molecule has 5 aromatic rings. The van der Waals surface area contributed by atoms with Crippen LogP contribution in [-0.4, -0.2) is 115 Å². The third-order valence-corrected chi connectivity index (χ3v) is 12.5. The van der Waals surface area contributed by atoms with Gasteiger partial charge in [0.25, 0.3) is 0 Å². The Labute approximate surface area is 343 Å². The minimum atomic E-state index is -0.682. The highest BCUT2D eigenvalue weighted by atomic mass is 16.5. The van der Waals surface area contributed by atoms with E-state index in [0.717, 1.165) is 111 Å². The average Bonchev–Trinajstić information content (AvgIpc) is 3.76. The van der Waals surface area contributed by atoms with Gasteiger partial charge in [-0.05, 0) is 89.8 Å². The molecule has 312 valence electrons. The number of imidazole rings is 1. The molecule has 0 radical (unpaired) electrons. The molecule has 0 spiro atoms. The number of hydrogen-bond acceptors (Lipinski definition) is 12. The number of piperidine rings is 2. The molecule has 2 N–H and O–H groups in total. The van der Waals surface area contributed by atoms with Crippen LogP contribution < -0.4 is 25.5 Å². The Bertz CT molecular complexity index is 2390. The van der Waals surface area contributed by atoms with E-state index in [9.17, 15) is 14.4 Å². The highest BCUT2D eigenvalue weighted by Gasteiger charge is 2.33. The van der Waals surface area contributed by atoms with Crippen molar-refractivity contribution in [3.05, 3.63) is 53.3 Å². The number of amides is 2. The molecule has 7 heterocycles. The van der Waals surface area contributed by atoms with Crippen molar-refractivity contribution >= 4 is 45.3 Å². The van der Waals surface area contributed by atoms with Crippen molar-refractivity contribution in [2.75, 3.05) is 55.6 Å². The summed E-state index contributed by atoms with van der Waals surface area (Å²) < 4.78 is 15.9. The van der Waals surface area contributed by atoms with E-state index in [2.05, 4.69) is 51.2 Å². The van der Waals surface area contributed by atoms with Gasteiger partial charge in [-0.25, -0.2) is 19.7 Å². The zero-order chi connectivity index (χ0) is 40.8. The second-order valence-electron chi connectivity index (χ2n) is 17.7. The number of pyridine rings is 1. The minimum Gasteiger partial charge on any atom is -0.472 e. The predicted molar refractivity (Wildman–Crippen MR) is 225 cm³/mol. The molecule has 9 rings (SSSR count). The normalized spacial score (nSPS) is 22.7. The fraction of sp³-hybridized carbons (Fsp3) is 0.558. The van der Waals surface area contributed by atoms with Crippen molar-refractivity contribution in [3.8, 4) is 17.3 Å². The lowest BCUT2D eigenvalue weighted by atomic mass is 9.86. The summed E-state index contributed by atoms with van der Waals surface area (Å²) in [5.74, 6) is 1.47. The molecule has 1 aliphatic carbocycles. The number of carbonyl (C=O) groups excluding carboxylic acids is 2. The van der Waals surface area contributed by atoms with Crippen molar-refractivity contribution < 1.29 is 19.1 Å². The van der Waals surface area contributed by atoms with E-state index in [0.29, 0.717) is 29.8 Å². The van der Waals surface area contributed by atoms with Gasteiger partial charge < -0.3 is 19.3 Å².